The molecule has 2 aliphatic rings. The van der Waals surface area contributed by atoms with Gasteiger partial charge in [-0.2, -0.15) is 0 Å². The van der Waals surface area contributed by atoms with Gasteiger partial charge in [-0.3, -0.25) is 19.3 Å². The molecule has 0 saturated carbocycles. The Morgan fingerprint density at radius 3 is 2.45 bits per heavy atom. The van der Waals surface area contributed by atoms with Crippen molar-refractivity contribution in [1.82, 2.24) is 10.2 Å². The van der Waals surface area contributed by atoms with E-state index in [1.165, 1.54) is 17.9 Å². The first-order valence-electron chi connectivity index (χ1n) is 13.4. The lowest BCUT2D eigenvalue weighted by molar-refractivity contribution is -0.131. The molecule has 2 aromatic carbocycles. The van der Waals surface area contributed by atoms with Crippen LogP contribution in [-0.4, -0.2) is 80.6 Å². The maximum absolute atomic E-state index is 15.1. The Kier molecular flexibility index (Phi) is 9.41. The van der Waals surface area contributed by atoms with Crippen LogP contribution in [0.4, 0.5) is 26.2 Å². The van der Waals surface area contributed by atoms with Crippen molar-refractivity contribution in [2.45, 2.75) is 32.3 Å². The second kappa shape index (κ2) is 13.1. The lowest BCUT2D eigenvalue weighted by Gasteiger charge is -2.36. The predicted molar refractivity (Wildman–Crippen MR) is 149 cm³/mol. The number of nitrogens with one attached hydrogen (secondary N) is 2. The molecule has 1 atom stereocenters. The number of anilines is 3. The maximum atomic E-state index is 15.1. The zero-order chi connectivity index (χ0) is 28.6. The third kappa shape index (κ3) is 7.61. The molecule has 0 aromatic heterocycles. The number of amides is 4. The topological polar surface area (TPSA) is 137 Å². The van der Waals surface area contributed by atoms with Crippen LogP contribution < -0.4 is 26.2 Å². The van der Waals surface area contributed by atoms with Gasteiger partial charge in [-0.1, -0.05) is 12.1 Å². The summed E-state index contributed by atoms with van der Waals surface area (Å²) in [5.74, 6) is -1.01. The number of nitrogens with zero attached hydrogens (tertiary/aromatic N) is 3. The number of primary amides is 1. The highest BCUT2D eigenvalue weighted by molar-refractivity contribution is 5.90. The number of carbonyl (C=O) groups is 4. The number of halogens is 1. The maximum Gasteiger partial charge on any atom is 0.414 e. The molecule has 40 heavy (non-hydrogen) atoms. The fraction of sp³-hybridized carbons (Fsp3) is 0.429. The third-order valence-corrected chi connectivity index (χ3v) is 6.95. The van der Waals surface area contributed by atoms with Gasteiger partial charge in [-0.05, 0) is 48.7 Å². The summed E-state index contributed by atoms with van der Waals surface area (Å²) in [4.78, 5) is 52.0. The number of ether oxygens (including phenoxy) is 1. The highest BCUT2D eigenvalue weighted by atomic mass is 19.1. The van der Waals surface area contributed by atoms with Gasteiger partial charge >= 0.3 is 6.09 Å². The first-order chi connectivity index (χ1) is 19.2. The average molecular weight is 555 g/mol. The van der Waals surface area contributed by atoms with Gasteiger partial charge in [0.05, 0.1) is 31.0 Å². The van der Waals surface area contributed by atoms with Crippen LogP contribution in [0.2, 0.25) is 0 Å². The van der Waals surface area contributed by atoms with Crippen LogP contribution in [0, 0.1) is 5.82 Å². The SMILES string of the molecule is CC(=O)NC[C@H]1CN(c2ccc(N3CCN(C(=O)CCCc4ccc(NCC(N)=O)cc4)CC3)c(F)c2)C(=O)O1. The Balaban J connectivity index is 1.22. The van der Waals surface area contributed by atoms with Crippen molar-refractivity contribution >= 4 is 40.9 Å². The Bertz CT molecular complexity index is 1230. The molecule has 214 valence electrons. The fourth-order valence-corrected chi connectivity index (χ4v) is 4.79. The van der Waals surface area contributed by atoms with Crippen LogP contribution >= 0.6 is 0 Å². The van der Waals surface area contributed by atoms with Crippen molar-refractivity contribution in [1.29, 1.82) is 0 Å². The summed E-state index contributed by atoms with van der Waals surface area (Å²) in [6, 6.07) is 12.3. The predicted octanol–water partition coefficient (Wildman–Crippen LogP) is 1.86. The quantitative estimate of drug-likeness (QED) is 0.386. The third-order valence-electron chi connectivity index (χ3n) is 6.95. The first kappa shape index (κ1) is 28.7. The monoisotopic (exact) mass is 554 g/mol. The van der Waals surface area contributed by atoms with Crippen molar-refractivity contribution < 1.29 is 28.3 Å². The summed E-state index contributed by atoms with van der Waals surface area (Å²) >= 11 is 0. The van der Waals surface area contributed by atoms with Crippen LogP contribution in [0.5, 0.6) is 0 Å². The van der Waals surface area contributed by atoms with E-state index in [2.05, 4.69) is 10.6 Å². The Hall–Kier alpha value is -4.35. The van der Waals surface area contributed by atoms with Gasteiger partial charge < -0.3 is 30.9 Å². The summed E-state index contributed by atoms with van der Waals surface area (Å²) in [6.07, 6.45) is 0.830. The Labute approximate surface area is 232 Å². The zero-order valence-corrected chi connectivity index (χ0v) is 22.5. The smallest absolute Gasteiger partial charge is 0.414 e. The van der Waals surface area contributed by atoms with Crippen LogP contribution in [-0.2, 0) is 25.5 Å². The number of hydrogen-bond donors (Lipinski definition) is 3. The Morgan fingerprint density at radius 2 is 1.80 bits per heavy atom. The van der Waals surface area contributed by atoms with Crippen molar-refractivity contribution in [2.75, 3.05) is 60.9 Å². The molecule has 4 amide bonds. The number of nitrogens with two attached hydrogens (primary N) is 1. The van der Waals surface area contributed by atoms with E-state index >= 15 is 4.39 Å². The molecule has 2 fully saturated rings. The van der Waals surface area contributed by atoms with E-state index in [1.807, 2.05) is 34.1 Å². The van der Waals surface area contributed by atoms with E-state index in [0.29, 0.717) is 50.4 Å². The molecule has 12 heteroatoms. The van der Waals surface area contributed by atoms with E-state index < -0.39 is 23.9 Å². The molecule has 0 unspecified atom stereocenters. The van der Waals surface area contributed by atoms with E-state index in [1.54, 1.807) is 12.1 Å². The highest BCUT2D eigenvalue weighted by Gasteiger charge is 2.33. The standard InChI is InChI=1S/C28H35FN6O5/c1-19(36)31-16-23-18-35(28(39)40-23)22-9-10-25(24(29)15-22)33-11-13-34(14-12-33)27(38)4-2-3-20-5-7-21(8-6-20)32-17-26(30)37/h5-10,15,23,32H,2-4,11-14,16-18H2,1H3,(H2,30,37)(H,31,36)/t23-/m0/s1. The lowest BCUT2D eigenvalue weighted by atomic mass is 10.1. The van der Waals surface area contributed by atoms with Gasteiger partial charge in [0.1, 0.15) is 11.9 Å². The molecule has 4 N–H and O–H groups in total. The molecule has 2 saturated heterocycles. The molecule has 11 nitrogen and oxygen atoms in total. The van der Waals surface area contributed by atoms with Gasteiger partial charge in [-0.15, -0.1) is 0 Å². The van der Waals surface area contributed by atoms with Crippen LogP contribution in [0.15, 0.2) is 42.5 Å². The van der Waals surface area contributed by atoms with Gasteiger partial charge in [0.2, 0.25) is 17.7 Å². The number of aryl methyl sites for hydroxylation is 1. The summed E-state index contributed by atoms with van der Waals surface area (Å²) < 4.78 is 20.3. The van der Waals surface area contributed by atoms with Gasteiger partial charge in [0, 0.05) is 45.2 Å². The minimum atomic E-state index is -0.580. The summed E-state index contributed by atoms with van der Waals surface area (Å²) in [5.41, 5.74) is 7.87. The highest BCUT2D eigenvalue weighted by Crippen LogP contribution is 2.28. The molecular weight excluding hydrogens is 519 g/mol. The number of hydrogen-bond acceptors (Lipinski definition) is 7. The van der Waals surface area contributed by atoms with Crippen molar-refractivity contribution in [2.24, 2.45) is 5.73 Å². The normalized spacial score (nSPS) is 17.0. The van der Waals surface area contributed by atoms with Crippen LogP contribution in [0.25, 0.3) is 0 Å². The number of rotatable bonds is 11. The fourth-order valence-electron chi connectivity index (χ4n) is 4.79. The molecule has 4 rings (SSSR count). The molecule has 2 aliphatic heterocycles. The minimum Gasteiger partial charge on any atom is -0.442 e. The van der Waals surface area contributed by atoms with Crippen LogP contribution in [0.1, 0.15) is 25.3 Å². The number of benzene rings is 2. The number of cyclic esters (lactones) is 1. The largest absolute Gasteiger partial charge is 0.442 e. The molecule has 0 bridgehead atoms. The molecular formula is C28H35FN6O5. The Morgan fingerprint density at radius 1 is 1.07 bits per heavy atom. The first-order valence-corrected chi connectivity index (χ1v) is 13.4. The molecule has 2 heterocycles. The number of piperazine rings is 1. The second-order valence-corrected chi connectivity index (χ2v) is 9.93. The lowest BCUT2D eigenvalue weighted by Crippen LogP contribution is -2.49. The van der Waals surface area contributed by atoms with Crippen molar-refractivity contribution in [3.8, 4) is 0 Å². The molecule has 0 aliphatic carbocycles. The summed E-state index contributed by atoms with van der Waals surface area (Å²) in [6.45, 7) is 3.90. The average Bonchev–Trinajstić information content (AvgIpc) is 3.31. The zero-order valence-electron chi connectivity index (χ0n) is 22.5. The molecule has 2 aromatic rings. The summed E-state index contributed by atoms with van der Waals surface area (Å²) in [5, 5.41) is 5.56. The van der Waals surface area contributed by atoms with Gasteiger partial charge in [0.25, 0.3) is 0 Å². The number of carbonyl (C=O) groups excluding carboxylic acids is 4. The molecule has 0 radical (unpaired) electrons. The van der Waals surface area contributed by atoms with Crippen molar-refractivity contribution in [3.05, 3.63) is 53.8 Å². The van der Waals surface area contributed by atoms with Gasteiger partial charge in [-0.25, -0.2) is 9.18 Å². The molecule has 0 spiro atoms. The van der Waals surface area contributed by atoms with E-state index in [-0.39, 0.29) is 31.4 Å². The minimum absolute atomic E-state index is 0.0800. The van der Waals surface area contributed by atoms with E-state index in [4.69, 9.17) is 10.5 Å². The van der Waals surface area contributed by atoms with E-state index in [9.17, 15) is 19.2 Å². The second-order valence-electron chi connectivity index (χ2n) is 9.93. The van der Waals surface area contributed by atoms with Gasteiger partial charge in [0.15, 0.2) is 0 Å². The van der Waals surface area contributed by atoms with Crippen molar-refractivity contribution in [3.63, 3.8) is 0 Å². The van der Waals surface area contributed by atoms with Crippen LogP contribution in [0.3, 0.4) is 0 Å². The van der Waals surface area contributed by atoms with E-state index in [0.717, 1.165) is 17.7 Å². The summed E-state index contributed by atoms with van der Waals surface area (Å²) in [7, 11) is 0.